The lowest BCUT2D eigenvalue weighted by atomic mass is 10.6. The average molecular weight is 149 g/mol. The van der Waals surface area contributed by atoms with E-state index in [1.54, 1.807) is 6.26 Å². The van der Waals surface area contributed by atoms with E-state index >= 15 is 0 Å². The van der Waals surface area contributed by atoms with Crippen LogP contribution in [0.5, 0.6) is 0 Å². The molecule has 0 fully saturated rings. The van der Waals surface area contributed by atoms with Gasteiger partial charge in [-0.05, 0) is 0 Å². The molecular weight excluding hydrogens is 142 g/mol. The van der Waals surface area contributed by atoms with Gasteiger partial charge in [-0.1, -0.05) is 0 Å². The zero-order chi connectivity index (χ0) is 7.28. The van der Waals surface area contributed by atoms with Gasteiger partial charge in [-0.15, -0.1) is 0 Å². The SMILES string of the molecule is CNC(=O)C(=O)OSC. The van der Waals surface area contributed by atoms with Crippen molar-refractivity contribution in [3.05, 3.63) is 0 Å². The minimum absolute atomic E-state index is 0.732. The van der Waals surface area contributed by atoms with Crippen LogP contribution >= 0.6 is 12.0 Å². The lowest BCUT2D eigenvalue weighted by Crippen LogP contribution is -2.27. The second-order valence-electron chi connectivity index (χ2n) is 1.12. The normalized spacial score (nSPS) is 8.22. The summed E-state index contributed by atoms with van der Waals surface area (Å²) >= 11 is 0.843. The molecule has 52 valence electrons. The van der Waals surface area contributed by atoms with Crippen LogP contribution < -0.4 is 5.32 Å². The molecule has 0 aliphatic heterocycles. The van der Waals surface area contributed by atoms with Gasteiger partial charge in [0.15, 0.2) is 0 Å². The largest absolute Gasteiger partial charge is 0.408 e. The van der Waals surface area contributed by atoms with Crippen LogP contribution in [0.1, 0.15) is 0 Å². The fraction of sp³-hybridized carbons (Fsp3) is 0.500. The fourth-order valence-corrected chi connectivity index (χ4v) is 0.443. The molecule has 0 atom stereocenters. The molecule has 0 saturated heterocycles. The Morgan fingerprint density at radius 3 is 2.44 bits per heavy atom. The van der Waals surface area contributed by atoms with Crippen molar-refractivity contribution in [2.45, 2.75) is 0 Å². The summed E-state index contributed by atoms with van der Waals surface area (Å²) in [5, 5.41) is 2.12. The number of hydrogen-bond acceptors (Lipinski definition) is 4. The summed E-state index contributed by atoms with van der Waals surface area (Å²) in [5.41, 5.74) is 0. The first-order chi connectivity index (χ1) is 4.22. The van der Waals surface area contributed by atoms with Crippen LogP contribution in [0.4, 0.5) is 0 Å². The summed E-state index contributed by atoms with van der Waals surface area (Å²) in [6.45, 7) is 0. The first-order valence-corrected chi connectivity index (χ1v) is 3.34. The highest BCUT2D eigenvalue weighted by atomic mass is 32.2. The summed E-state index contributed by atoms with van der Waals surface area (Å²) < 4.78 is 4.26. The van der Waals surface area contributed by atoms with Crippen molar-refractivity contribution in [1.29, 1.82) is 0 Å². The van der Waals surface area contributed by atoms with Gasteiger partial charge in [0.25, 0.3) is 0 Å². The number of carbonyl (C=O) groups excluding carboxylic acids is 2. The molecular formula is C4H7NO3S. The van der Waals surface area contributed by atoms with Gasteiger partial charge in [0, 0.05) is 13.3 Å². The van der Waals surface area contributed by atoms with Crippen molar-refractivity contribution in [1.82, 2.24) is 5.32 Å². The van der Waals surface area contributed by atoms with E-state index in [1.807, 2.05) is 0 Å². The molecule has 1 N–H and O–H groups in total. The monoisotopic (exact) mass is 149 g/mol. The third-order valence-electron chi connectivity index (χ3n) is 0.571. The van der Waals surface area contributed by atoms with Crippen molar-refractivity contribution in [2.24, 2.45) is 0 Å². The van der Waals surface area contributed by atoms with Crippen LogP contribution in [0.2, 0.25) is 0 Å². The van der Waals surface area contributed by atoms with Gasteiger partial charge < -0.3 is 9.50 Å². The number of hydrogen-bond donors (Lipinski definition) is 1. The Kier molecular flexibility index (Phi) is 3.87. The van der Waals surface area contributed by atoms with Crippen LogP contribution in [0, 0.1) is 0 Å². The highest BCUT2D eigenvalue weighted by Crippen LogP contribution is 1.93. The number of rotatable bonds is 1. The summed E-state index contributed by atoms with van der Waals surface area (Å²) in [7, 11) is 1.36. The fourth-order valence-electron chi connectivity index (χ4n) is 0.216. The maximum absolute atomic E-state index is 10.3. The molecule has 0 saturated carbocycles. The molecule has 4 nitrogen and oxygen atoms in total. The Morgan fingerprint density at radius 2 is 2.11 bits per heavy atom. The minimum atomic E-state index is -0.870. The summed E-state index contributed by atoms with van der Waals surface area (Å²) in [5.74, 6) is -1.60. The lowest BCUT2D eigenvalue weighted by Gasteiger charge is -1.95. The van der Waals surface area contributed by atoms with Crippen molar-refractivity contribution < 1.29 is 13.8 Å². The summed E-state index contributed by atoms with van der Waals surface area (Å²) in [6, 6.07) is 0. The second-order valence-corrected chi connectivity index (χ2v) is 1.62. The lowest BCUT2D eigenvalue weighted by molar-refractivity contribution is -0.147. The molecule has 0 aromatic rings. The van der Waals surface area contributed by atoms with E-state index < -0.39 is 11.9 Å². The van der Waals surface area contributed by atoms with Gasteiger partial charge in [0.1, 0.15) is 0 Å². The Hall–Kier alpha value is -0.710. The van der Waals surface area contributed by atoms with Crippen LogP contribution in [0.15, 0.2) is 0 Å². The van der Waals surface area contributed by atoms with E-state index in [9.17, 15) is 9.59 Å². The minimum Gasteiger partial charge on any atom is -0.384 e. The van der Waals surface area contributed by atoms with E-state index in [-0.39, 0.29) is 0 Å². The molecule has 5 heteroatoms. The van der Waals surface area contributed by atoms with E-state index in [0.717, 1.165) is 12.0 Å². The number of nitrogens with one attached hydrogen (secondary N) is 1. The quantitative estimate of drug-likeness (QED) is 0.405. The Morgan fingerprint density at radius 1 is 1.56 bits per heavy atom. The molecule has 0 aromatic carbocycles. The second kappa shape index (κ2) is 4.20. The first kappa shape index (κ1) is 8.29. The van der Waals surface area contributed by atoms with Gasteiger partial charge in [-0.25, -0.2) is 4.79 Å². The summed E-state index contributed by atoms with van der Waals surface area (Å²) in [6.07, 6.45) is 1.56. The van der Waals surface area contributed by atoms with Crippen LogP contribution in [0.25, 0.3) is 0 Å². The van der Waals surface area contributed by atoms with Gasteiger partial charge in [-0.3, -0.25) is 4.79 Å². The third kappa shape index (κ3) is 2.97. The number of amides is 1. The highest BCUT2D eigenvalue weighted by Gasteiger charge is 2.11. The Bertz CT molecular complexity index is 125. The molecule has 0 spiro atoms. The Balaban J connectivity index is 3.60. The van der Waals surface area contributed by atoms with Crippen molar-refractivity contribution in [2.75, 3.05) is 13.3 Å². The highest BCUT2D eigenvalue weighted by molar-refractivity contribution is 7.94. The topological polar surface area (TPSA) is 55.4 Å². The number of likely N-dealkylation sites (N-methyl/N-ethyl adjacent to an activating group) is 1. The maximum atomic E-state index is 10.3. The molecule has 0 radical (unpaired) electrons. The molecule has 0 unspecified atom stereocenters. The molecule has 0 heterocycles. The standard InChI is InChI=1S/C4H7NO3S/c1-5-3(6)4(7)8-9-2/h1-2H3,(H,5,6). The van der Waals surface area contributed by atoms with Crippen LogP contribution in [-0.2, 0) is 13.8 Å². The van der Waals surface area contributed by atoms with Gasteiger partial charge in [-0.2, -0.15) is 0 Å². The van der Waals surface area contributed by atoms with Crippen molar-refractivity contribution in [3.8, 4) is 0 Å². The predicted molar refractivity (Wildman–Crippen MR) is 33.7 cm³/mol. The predicted octanol–water partition coefficient (Wildman–Crippen LogP) is -0.446. The van der Waals surface area contributed by atoms with E-state index in [4.69, 9.17) is 0 Å². The van der Waals surface area contributed by atoms with E-state index in [1.165, 1.54) is 7.05 Å². The first-order valence-electron chi connectivity index (χ1n) is 2.19. The molecule has 0 aliphatic carbocycles. The van der Waals surface area contributed by atoms with Gasteiger partial charge in [0.2, 0.25) is 0 Å². The van der Waals surface area contributed by atoms with E-state index in [2.05, 4.69) is 9.50 Å². The van der Waals surface area contributed by atoms with Crippen LogP contribution in [-0.4, -0.2) is 25.2 Å². The zero-order valence-corrected chi connectivity index (χ0v) is 5.95. The van der Waals surface area contributed by atoms with Gasteiger partial charge in [0.05, 0.1) is 12.0 Å². The summed E-state index contributed by atoms with van der Waals surface area (Å²) in [4.78, 5) is 20.6. The van der Waals surface area contributed by atoms with Gasteiger partial charge >= 0.3 is 11.9 Å². The zero-order valence-electron chi connectivity index (χ0n) is 5.13. The maximum Gasteiger partial charge on any atom is 0.408 e. The van der Waals surface area contributed by atoms with Crippen LogP contribution in [0.3, 0.4) is 0 Å². The smallest absolute Gasteiger partial charge is 0.384 e. The molecule has 0 aliphatic rings. The molecule has 1 amide bonds. The third-order valence-corrected chi connectivity index (χ3v) is 0.890. The van der Waals surface area contributed by atoms with Crippen molar-refractivity contribution >= 4 is 23.9 Å². The molecule has 9 heavy (non-hydrogen) atoms. The molecule has 0 bridgehead atoms. The molecule has 0 rings (SSSR count). The molecule has 0 aromatic heterocycles. The van der Waals surface area contributed by atoms with E-state index in [0.29, 0.717) is 0 Å². The Labute approximate surface area is 57.2 Å². The number of carbonyl (C=O) groups is 2. The average Bonchev–Trinajstić information content (AvgIpc) is 1.87. The van der Waals surface area contributed by atoms with Crippen molar-refractivity contribution in [3.63, 3.8) is 0 Å².